The number of rotatable bonds is 79. The van der Waals surface area contributed by atoms with E-state index in [1.165, 1.54) is 225 Å². The van der Waals surface area contributed by atoms with E-state index < -0.39 is 97.5 Å². The van der Waals surface area contributed by atoms with Crippen molar-refractivity contribution in [3.63, 3.8) is 0 Å². The molecule has 6 atom stereocenters. The van der Waals surface area contributed by atoms with Crippen LogP contribution >= 0.6 is 15.6 Å². The van der Waals surface area contributed by atoms with Gasteiger partial charge in [0.15, 0.2) is 12.2 Å². The zero-order valence-electron chi connectivity index (χ0n) is 65.7. The molecule has 0 aliphatic carbocycles. The Morgan fingerprint density at radius 3 is 0.760 bits per heavy atom. The Hall–Kier alpha value is -1.94. The third-order valence-electron chi connectivity index (χ3n) is 19.2. The molecule has 3 unspecified atom stereocenters. The molecular weight excluding hydrogens is 1310 g/mol. The summed E-state index contributed by atoms with van der Waals surface area (Å²) in [6.45, 7) is 12.0. The van der Waals surface area contributed by atoms with E-state index >= 15 is 0 Å². The van der Waals surface area contributed by atoms with Crippen LogP contribution in [0, 0.1) is 17.8 Å². The van der Waals surface area contributed by atoms with Gasteiger partial charge in [-0.05, 0) is 43.4 Å². The van der Waals surface area contributed by atoms with E-state index in [0.29, 0.717) is 25.7 Å². The summed E-state index contributed by atoms with van der Waals surface area (Å²) in [5, 5.41) is 10.6. The maximum Gasteiger partial charge on any atom is 0.472 e. The summed E-state index contributed by atoms with van der Waals surface area (Å²) in [5.74, 6) is 0.246. The van der Waals surface area contributed by atoms with Crippen LogP contribution in [0.3, 0.4) is 0 Å². The van der Waals surface area contributed by atoms with Gasteiger partial charge in [0, 0.05) is 25.7 Å². The highest BCUT2D eigenvalue weighted by Gasteiger charge is 2.30. The Labute approximate surface area is 613 Å². The first-order valence-corrected chi connectivity index (χ1v) is 44.9. The normalized spacial score (nSPS) is 14.2. The van der Waals surface area contributed by atoms with Gasteiger partial charge in [-0.25, -0.2) is 9.13 Å². The van der Waals surface area contributed by atoms with Crippen LogP contribution < -0.4 is 0 Å². The first-order chi connectivity index (χ1) is 48.3. The highest BCUT2D eigenvalue weighted by atomic mass is 31.2. The molecule has 0 aromatic rings. The number of aliphatic hydroxyl groups is 1. The fourth-order valence-corrected chi connectivity index (χ4v) is 14.0. The van der Waals surface area contributed by atoms with E-state index in [0.717, 1.165) is 114 Å². The van der Waals surface area contributed by atoms with Crippen molar-refractivity contribution in [3.8, 4) is 0 Å². The molecule has 0 aliphatic heterocycles. The molecule has 0 radical (unpaired) electrons. The third-order valence-corrected chi connectivity index (χ3v) is 21.1. The van der Waals surface area contributed by atoms with Crippen LogP contribution in [0.2, 0.25) is 0 Å². The number of phosphoric ester groups is 2. The molecule has 0 aromatic heterocycles. The summed E-state index contributed by atoms with van der Waals surface area (Å²) in [6.07, 6.45) is 59.8. The molecule has 0 saturated heterocycles. The second kappa shape index (κ2) is 71.3. The first kappa shape index (κ1) is 98.1. The largest absolute Gasteiger partial charge is 0.472 e. The molecule has 100 heavy (non-hydrogen) atoms. The van der Waals surface area contributed by atoms with Gasteiger partial charge >= 0.3 is 39.5 Å². The van der Waals surface area contributed by atoms with Gasteiger partial charge in [-0.15, -0.1) is 0 Å². The Morgan fingerprint density at radius 1 is 0.290 bits per heavy atom. The van der Waals surface area contributed by atoms with Crippen molar-refractivity contribution >= 4 is 39.5 Å². The zero-order valence-corrected chi connectivity index (χ0v) is 67.5. The molecule has 0 aromatic carbocycles. The van der Waals surface area contributed by atoms with Crippen molar-refractivity contribution in [2.75, 3.05) is 39.6 Å². The van der Waals surface area contributed by atoms with Crippen LogP contribution in [0.25, 0.3) is 0 Å². The Kier molecular flexibility index (Phi) is 69.9. The summed E-state index contributed by atoms with van der Waals surface area (Å²) >= 11 is 0. The van der Waals surface area contributed by atoms with Gasteiger partial charge in [0.05, 0.1) is 26.4 Å². The monoisotopic (exact) mass is 1470 g/mol. The van der Waals surface area contributed by atoms with Crippen LogP contribution in [0.1, 0.15) is 421 Å². The minimum atomic E-state index is -4.96. The van der Waals surface area contributed by atoms with Gasteiger partial charge in [0.2, 0.25) is 0 Å². The summed E-state index contributed by atoms with van der Waals surface area (Å²) in [6, 6.07) is 0. The average molecular weight is 1470 g/mol. The zero-order chi connectivity index (χ0) is 73.7. The average Bonchev–Trinajstić information content (AvgIpc) is 0.986. The van der Waals surface area contributed by atoms with E-state index in [1.807, 2.05) is 0 Å². The lowest BCUT2D eigenvalue weighted by molar-refractivity contribution is -0.161. The van der Waals surface area contributed by atoms with Crippen molar-refractivity contribution in [2.45, 2.75) is 439 Å². The number of ether oxygens (including phenoxy) is 4. The van der Waals surface area contributed by atoms with E-state index in [1.54, 1.807) is 0 Å². The number of hydrogen-bond acceptors (Lipinski definition) is 15. The SMILES string of the molecule is CCCCCCCCCCCCCC(=O)O[C@H](COC(=O)CCCCCCCCC(C)CC)COP(=O)(O)OC[C@H](O)COP(=O)(O)OC[C@@H](COC(=O)CCCCCCCCCCCCCCCCCC(C)C)OC(=O)CCCCCCCCCCCCCCCCCCCCC(C)C. The van der Waals surface area contributed by atoms with E-state index in [2.05, 4.69) is 48.5 Å². The summed E-state index contributed by atoms with van der Waals surface area (Å²) in [7, 11) is -9.92. The van der Waals surface area contributed by atoms with Crippen molar-refractivity contribution in [3.05, 3.63) is 0 Å². The number of hydrogen-bond donors (Lipinski definition) is 3. The fourth-order valence-electron chi connectivity index (χ4n) is 12.5. The van der Waals surface area contributed by atoms with Gasteiger partial charge < -0.3 is 33.8 Å². The molecule has 0 saturated carbocycles. The summed E-state index contributed by atoms with van der Waals surface area (Å²) < 4.78 is 68.7. The molecule has 19 heteroatoms. The number of aliphatic hydroxyl groups excluding tert-OH is 1. The van der Waals surface area contributed by atoms with Gasteiger partial charge in [-0.1, -0.05) is 370 Å². The number of carbonyl (C=O) groups is 4. The molecule has 0 rings (SSSR count). The Morgan fingerprint density at radius 2 is 0.510 bits per heavy atom. The molecule has 0 bridgehead atoms. The molecule has 594 valence electrons. The fraction of sp³-hybridized carbons (Fsp3) is 0.951. The molecule has 17 nitrogen and oxygen atoms in total. The van der Waals surface area contributed by atoms with Crippen LogP contribution in [0.15, 0.2) is 0 Å². The summed E-state index contributed by atoms with van der Waals surface area (Å²) in [5.41, 5.74) is 0. The van der Waals surface area contributed by atoms with Crippen LogP contribution in [0.4, 0.5) is 0 Å². The lowest BCUT2D eigenvalue weighted by atomic mass is 10.00. The number of esters is 4. The molecule has 3 N–H and O–H groups in total. The van der Waals surface area contributed by atoms with Crippen molar-refractivity contribution in [2.24, 2.45) is 17.8 Å². The second-order valence-electron chi connectivity index (χ2n) is 30.4. The Bertz CT molecular complexity index is 1940. The quantitative estimate of drug-likeness (QED) is 0.0222. The minimum Gasteiger partial charge on any atom is -0.462 e. The first-order valence-electron chi connectivity index (χ1n) is 41.9. The van der Waals surface area contributed by atoms with E-state index in [9.17, 15) is 43.2 Å². The number of unbranched alkanes of at least 4 members (excludes halogenated alkanes) is 46. The van der Waals surface area contributed by atoms with Crippen LogP contribution in [-0.4, -0.2) is 96.7 Å². The van der Waals surface area contributed by atoms with Crippen LogP contribution in [0.5, 0.6) is 0 Å². The third kappa shape index (κ3) is 73.0. The lowest BCUT2D eigenvalue weighted by Gasteiger charge is -2.21. The molecule has 0 heterocycles. The molecule has 0 spiro atoms. The standard InChI is InChI=1S/C81H158O17P2/c1-8-10-11-12-13-14-28-36-41-50-57-64-80(85)98-77(69-92-79(84)63-56-49-44-43-47-54-61-74(7)9-2)71-96-100(89,90)94-67-75(82)66-93-99(87,88)95-70-76(68-91-78(83)62-55-48-40-35-31-26-23-19-21-25-30-34-39-46-53-60-73(5)6)97-81(86)65-58-51-42-37-32-27-22-18-16-15-17-20-24-29-33-38-45-52-59-72(3)4/h72-77,82H,8-71H2,1-7H3,(H,87,88)(H,89,90)/t74?,75-,76-,77-/m1/s1. The second-order valence-corrected chi connectivity index (χ2v) is 33.3. The van der Waals surface area contributed by atoms with Crippen molar-refractivity contribution in [1.82, 2.24) is 0 Å². The molecule has 0 amide bonds. The predicted octanol–water partition coefficient (Wildman–Crippen LogP) is 24.1. The predicted molar refractivity (Wildman–Crippen MR) is 409 cm³/mol. The van der Waals surface area contributed by atoms with Crippen molar-refractivity contribution in [1.29, 1.82) is 0 Å². The van der Waals surface area contributed by atoms with E-state index in [-0.39, 0.29) is 25.7 Å². The van der Waals surface area contributed by atoms with E-state index in [4.69, 9.17) is 37.0 Å². The highest BCUT2D eigenvalue weighted by molar-refractivity contribution is 7.47. The summed E-state index contributed by atoms with van der Waals surface area (Å²) in [4.78, 5) is 73.0. The number of carbonyl (C=O) groups excluding carboxylic acids is 4. The molecular formula is C81H158O17P2. The lowest BCUT2D eigenvalue weighted by Crippen LogP contribution is -2.30. The van der Waals surface area contributed by atoms with Gasteiger partial charge in [0.25, 0.3) is 0 Å². The van der Waals surface area contributed by atoms with Crippen molar-refractivity contribution < 1.29 is 80.2 Å². The molecule has 0 fully saturated rings. The van der Waals surface area contributed by atoms with Crippen LogP contribution in [-0.2, 0) is 65.4 Å². The minimum absolute atomic E-state index is 0.106. The highest BCUT2D eigenvalue weighted by Crippen LogP contribution is 2.45. The van der Waals surface area contributed by atoms with Gasteiger partial charge in [-0.3, -0.25) is 37.3 Å². The Balaban J connectivity index is 5.21. The van der Waals surface area contributed by atoms with Gasteiger partial charge in [0.1, 0.15) is 19.3 Å². The number of phosphoric acid groups is 2. The van der Waals surface area contributed by atoms with Gasteiger partial charge in [-0.2, -0.15) is 0 Å². The smallest absolute Gasteiger partial charge is 0.462 e. The topological polar surface area (TPSA) is 237 Å². The maximum atomic E-state index is 13.1. The molecule has 0 aliphatic rings. The maximum absolute atomic E-state index is 13.1.